The van der Waals surface area contributed by atoms with Crippen LogP contribution in [0.2, 0.25) is 15.1 Å². The van der Waals surface area contributed by atoms with Gasteiger partial charge in [0, 0.05) is 39.8 Å². The molecule has 0 saturated heterocycles. The minimum absolute atomic E-state index is 0.174. The molecule has 0 radical (unpaired) electrons. The van der Waals surface area contributed by atoms with E-state index in [4.69, 9.17) is 39.5 Å². The van der Waals surface area contributed by atoms with Gasteiger partial charge in [0.2, 0.25) is 0 Å². The highest BCUT2D eigenvalue weighted by molar-refractivity contribution is 6.42. The van der Waals surface area contributed by atoms with Crippen LogP contribution in [0.5, 0.6) is 5.75 Å². The highest BCUT2D eigenvalue weighted by Crippen LogP contribution is 2.32. The minimum atomic E-state index is -0.236. The van der Waals surface area contributed by atoms with Crippen LogP contribution in [0.25, 0.3) is 16.6 Å². The molecule has 182 valence electrons. The van der Waals surface area contributed by atoms with Crippen LogP contribution in [0.1, 0.15) is 27.3 Å². The Morgan fingerprint density at radius 3 is 2.39 bits per heavy atom. The quantitative estimate of drug-likeness (QED) is 0.270. The smallest absolute Gasteiger partial charge is 0.271 e. The predicted molar refractivity (Wildman–Crippen MR) is 144 cm³/mol. The van der Waals surface area contributed by atoms with Crippen LogP contribution in [0.4, 0.5) is 0 Å². The third kappa shape index (κ3) is 4.32. The SMILES string of the molecule is COc1ccc2c(c1)c(Cc1cc(=O)n(-c3ccc(Cl)c(Cl)c3)[nH]1)c(C)n2C(=O)c1ccc(Cl)cc1. The number of benzene rings is 3. The molecule has 0 fully saturated rings. The van der Waals surface area contributed by atoms with Gasteiger partial charge < -0.3 is 4.74 Å². The summed E-state index contributed by atoms with van der Waals surface area (Å²) in [6.45, 7) is 1.89. The summed E-state index contributed by atoms with van der Waals surface area (Å²) in [5, 5.41) is 5.32. The first kappa shape index (κ1) is 24.3. The molecule has 0 aliphatic carbocycles. The summed E-state index contributed by atoms with van der Waals surface area (Å²) in [5.74, 6) is 0.495. The predicted octanol–water partition coefficient (Wildman–Crippen LogP) is 6.68. The number of nitrogens with zero attached hydrogens (tertiary/aromatic N) is 2. The van der Waals surface area contributed by atoms with Gasteiger partial charge in [0.05, 0.1) is 28.4 Å². The van der Waals surface area contributed by atoms with Gasteiger partial charge >= 0.3 is 0 Å². The topological polar surface area (TPSA) is 69.0 Å². The molecule has 2 heterocycles. The summed E-state index contributed by atoms with van der Waals surface area (Å²) in [6, 6.07) is 18.9. The molecule has 5 aromatic rings. The standard InChI is InChI=1S/C27H20Cl3N3O3/c1-15-21(11-18-12-26(34)33(31-18)19-7-9-23(29)24(30)13-19)22-14-20(36-2)8-10-25(22)32(15)27(35)16-3-5-17(28)6-4-16/h3-10,12-14,31H,11H2,1-2H3. The van der Waals surface area contributed by atoms with Gasteiger partial charge in [-0.15, -0.1) is 0 Å². The number of aromatic nitrogens is 3. The van der Waals surface area contributed by atoms with E-state index < -0.39 is 0 Å². The van der Waals surface area contributed by atoms with Gasteiger partial charge in [0.25, 0.3) is 11.5 Å². The second-order valence-corrected chi connectivity index (χ2v) is 9.58. The first-order valence-corrected chi connectivity index (χ1v) is 12.1. The van der Waals surface area contributed by atoms with Gasteiger partial charge in [0.1, 0.15) is 5.75 Å². The van der Waals surface area contributed by atoms with Crippen molar-refractivity contribution in [1.82, 2.24) is 14.3 Å². The summed E-state index contributed by atoms with van der Waals surface area (Å²) in [6.07, 6.45) is 0.389. The number of carbonyl (C=O) groups excluding carboxylic acids is 1. The largest absolute Gasteiger partial charge is 0.497 e. The van der Waals surface area contributed by atoms with Crippen molar-refractivity contribution in [2.45, 2.75) is 13.3 Å². The van der Waals surface area contributed by atoms with E-state index in [0.717, 1.165) is 22.2 Å². The zero-order valence-corrected chi connectivity index (χ0v) is 21.6. The Bertz CT molecular complexity index is 1680. The number of halogens is 3. The molecule has 0 amide bonds. The van der Waals surface area contributed by atoms with Crippen molar-refractivity contribution >= 4 is 51.6 Å². The minimum Gasteiger partial charge on any atom is -0.497 e. The van der Waals surface area contributed by atoms with E-state index in [1.165, 1.54) is 10.7 Å². The van der Waals surface area contributed by atoms with E-state index in [-0.39, 0.29) is 11.5 Å². The molecule has 0 aliphatic heterocycles. The molecule has 0 bridgehead atoms. The Morgan fingerprint density at radius 2 is 1.69 bits per heavy atom. The molecular weight excluding hydrogens is 521 g/mol. The molecule has 0 spiro atoms. The maximum atomic E-state index is 13.5. The average Bonchev–Trinajstić information content (AvgIpc) is 3.37. The lowest BCUT2D eigenvalue weighted by atomic mass is 10.1. The fourth-order valence-electron chi connectivity index (χ4n) is 4.34. The number of hydrogen-bond acceptors (Lipinski definition) is 3. The third-order valence-corrected chi connectivity index (χ3v) is 7.13. The van der Waals surface area contributed by atoms with Crippen LogP contribution in [-0.2, 0) is 6.42 Å². The van der Waals surface area contributed by atoms with Crippen molar-refractivity contribution in [3.63, 3.8) is 0 Å². The Kier molecular flexibility index (Phi) is 6.43. The molecule has 0 atom stereocenters. The highest BCUT2D eigenvalue weighted by Gasteiger charge is 2.21. The molecule has 2 aromatic heterocycles. The van der Waals surface area contributed by atoms with Gasteiger partial charge in [0.15, 0.2) is 0 Å². The molecule has 6 nitrogen and oxygen atoms in total. The fraction of sp³-hybridized carbons (Fsp3) is 0.111. The number of aromatic amines is 1. The van der Waals surface area contributed by atoms with Gasteiger partial charge in [-0.2, -0.15) is 0 Å². The van der Waals surface area contributed by atoms with Gasteiger partial charge in [-0.25, -0.2) is 4.68 Å². The van der Waals surface area contributed by atoms with Crippen LogP contribution in [0.3, 0.4) is 0 Å². The first-order chi connectivity index (χ1) is 17.3. The number of hydrogen-bond donors (Lipinski definition) is 1. The fourth-order valence-corrected chi connectivity index (χ4v) is 4.76. The molecule has 3 aromatic carbocycles. The van der Waals surface area contributed by atoms with E-state index in [1.54, 1.807) is 54.1 Å². The maximum Gasteiger partial charge on any atom is 0.271 e. The van der Waals surface area contributed by atoms with Crippen LogP contribution in [0, 0.1) is 6.92 Å². The van der Waals surface area contributed by atoms with E-state index in [0.29, 0.717) is 44.2 Å². The van der Waals surface area contributed by atoms with Crippen LogP contribution >= 0.6 is 34.8 Å². The highest BCUT2D eigenvalue weighted by atomic mass is 35.5. The molecule has 5 rings (SSSR count). The van der Waals surface area contributed by atoms with Crippen LogP contribution in [0.15, 0.2) is 71.5 Å². The Morgan fingerprint density at radius 1 is 0.944 bits per heavy atom. The second kappa shape index (κ2) is 9.54. The van der Waals surface area contributed by atoms with Gasteiger partial charge in [-0.3, -0.25) is 19.3 Å². The van der Waals surface area contributed by atoms with E-state index in [9.17, 15) is 9.59 Å². The molecule has 0 unspecified atom stereocenters. The van der Waals surface area contributed by atoms with Crippen LogP contribution in [-0.4, -0.2) is 27.4 Å². The van der Waals surface area contributed by atoms with Crippen molar-refractivity contribution in [2.75, 3.05) is 7.11 Å². The lowest BCUT2D eigenvalue weighted by Gasteiger charge is -2.08. The van der Waals surface area contributed by atoms with Crippen molar-refractivity contribution in [3.05, 3.63) is 115 Å². The summed E-state index contributed by atoms with van der Waals surface area (Å²) < 4.78 is 8.53. The van der Waals surface area contributed by atoms with Crippen molar-refractivity contribution in [3.8, 4) is 11.4 Å². The monoisotopic (exact) mass is 539 g/mol. The molecule has 0 saturated carbocycles. The number of nitrogens with one attached hydrogen (secondary N) is 1. The molecule has 0 aliphatic rings. The molecular formula is C27H20Cl3N3O3. The Labute approximate surface area is 221 Å². The number of carbonyl (C=O) groups is 1. The normalized spacial score (nSPS) is 11.2. The Hall–Kier alpha value is -3.45. The summed E-state index contributed by atoms with van der Waals surface area (Å²) in [5.41, 5.74) is 3.93. The maximum absolute atomic E-state index is 13.5. The van der Waals surface area contributed by atoms with Crippen molar-refractivity contribution in [2.24, 2.45) is 0 Å². The number of ether oxygens (including phenoxy) is 1. The first-order valence-electron chi connectivity index (χ1n) is 11.0. The summed E-state index contributed by atoms with van der Waals surface area (Å²) in [4.78, 5) is 26.3. The number of fused-ring (bicyclic) bond motifs is 1. The lowest BCUT2D eigenvalue weighted by molar-refractivity contribution is 0.0963. The van der Waals surface area contributed by atoms with E-state index in [1.807, 2.05) is 25.1 Å². The van der Waals surface area contributed by atoms with Crippen molar-refractivity contribution < 1.29 is 9.53 Å². The van der Waals surface area contributed by atoms with Crippen LogP contribution < -0.4 is 10.3 Å². The average molecular weight is 541 g/mol. The molecule has 9 heteroatoms. The Balaban J connectivity index is 1.61. The third-order valence-electron chi connectivity index (χ3n) is 6.14. The molecule has 36 heavy (non-hydrogen) atoms. The van der Waals surface area contributed by atoms with Gasteiger partial charge in [-0.05, 0) is 73.2 Å². The number of H-pyrrole nitrogens is 1. The van der Waals surface area contributed by atoms with E-state index >= 15 is 0 Å². The summed E-state index contributed by atoms with van der Waals surface area (Å²) >= 11 is 18.2. The van der Waals surface area contributed by atoms with E-state index in [2.05, 4.69) is 5.10 Å². The number of rotatable bonds is 5. The van der Waals surface area contributed by atoms with Crippen molar-refractivity contribution in [1.29, 1.82) is 0 Å². The summed E-state index contributed by atoms with van der Waals surface area (Å²) in [7, 11) is 1.60. The molecule has 1 N–H and O–H groups in total. The second-order valence-electron chi connectivity index (χ2n) is 8.32. The number of methoxy groups -OCH3 is 1. The lowest BCUT2D eigenvalue weighted by Crippen LogP contribution is -2.13. The zero-order chi connectivity index (χ0) is 25.6. The zero-order valence-electron chi connectivity index (χ0n) is 19.3. The van der Waals surface area contributed by atoms with Gasteiger partial charge in [-0.1, -0.05) is 34.8 Å².